The first-order valence-electron chi connectivity index (χ1n) is 3.96. The van der Waals surface area contributed by atoms with Crippen molar-refractivity contribution < 1.29 is 19.0 Å². The van der Waals surface area contributed by atoms with Crippen LogP contribution in [0.5, 0.6) is 5.75 Å². The van der Waals surface area contributed by atoms with Gasteiger partial charge in [0.1, 0.15) is 11.6 Å². The number of halogens is 1. The fourth-order valence-corrected chi connectivity index (χ4v) is 0.856. The summed E-state index contributed by atoms with van der Waals surface area (Å²) in [5.74, 6) is -1.44. The van der Waals surface area contributed by atoms with Gasteiger partial charge in [-0.3, -0.25) is 0 Å². The Hall–Kier alpha value is -1.84. The number of carboxylic acids is 1. The van der Waals surface area contributed by atoms with Crippen LogP contribution in [0, 0.1) is 5.82 Å². The number of carboxylic acid groups (broad SMARTS) is 1. The lowest BCUT2D eigenvalue weighted by Gasteiger charge is -2.04. The standard InChI is InChI=1S/C10H9FO3/c1-2-9(10(12)13)14-8-5-3-7(11)4-6-8/h2-6H,1H3,(H,12,13)/b9-2+. The maximum Gasteiger partial charge on any atom is 0.371 e. The summed E-state index contributed by atoms with van der Waals surface area (Å²) in [6.07, 6.45) is 1.33. The Kier molecular flexibility index (Phi) is 3.23. The molecule has 74 valence electrons. The predicted molar refractivity (Wildman–Crippen MR) is 48.4 cm³/mol. The van der Waals surface area contributed by atoms with E-state index in [1.165, 1.54) is 30.3 Å². The molecule has 0 unspecified atom stereocenters. The highest BCUT2D eigenvalue weighted by atomic mass is 19.1. The first kappa shape index (κ1) is 10.2. The molecule has 3 nitrogen and oxygen atoms in total. The second-order valence-corrected chi connectivity index (χ2v) is 2.51. The van der Waals surface area contributed by atoms with Crippen molar-refractivity contribution in [2.24, 2.45) is 0 Å². The summed E-state index contributed by atoms with van der Waals surface area (Å²) in [7, 11) is 0. The van der Waals surface area contributed by atoms with Crippen LogP contribution in [0.4, 0.5) is 4.39 Å². The number of rotatable bonds is 3. The van der Waals surface area contributed by atoms with Crippen LogP contribution < -0.4 is 4.74 Å². The normalized spacial score (nSPS) is 11.1. The minimum Gasteiger partial charge on any atom is -0.475 e. The molecule has 0 atom stereocenters. The zero-order valence-electron chi connectivity index (χ0n) is 7.53. The van der Waals surface area contributed by atoms with Crippen molar-refractivity contribution in [1.29, 1.82) is 0 Å². The summed E-state index contributed by atoms with van der Waals surface area (Å²) in [6.45, 7) is 1.55. The average molecular weight is 196 g/mol. The molecular formula is C10H9FO3. The second kappa shape index (κ2) is 4.41. The van der Waals surface area contributed by atoms with Gasteiger partial charge in [-0.15, -0.1) is 0 Å². The number of hydrogen-bond donors (Lipinski definition) is 1. The van der Waals surface area contributed by atoms with Gasteiger partial charge in [0.25, 0.3) is 0 Å². The Morgan fingerprint density at radius 2 is 2.00 bits per heavy atom. The molecule has 0 aliphatic rings. The lowest BCUT2D eigenvalue weighted by atomic mass is 10.3. The van der Waals surface area contributed by atoms with Crippen LogP contribution >= 0.6 is 0 Å². The molecule has 0 saturated heterocycles. The second-order valence-electron chi connectivity index (χ2n) is 2.51. The third kappa shape index (κ3) is 2.58. The maximum absolute atomic E-state index is 12.5. The molecule has 0 aliphatic heterocycles. The molecule has 4 heteroatoms. The molecule has 0 radical (unpaired) electrons. The minimum atomic E-state index is -1.16. The van der Waals surface area contributed by atoms with Gasteiger partial charge in [0.2, 0.25) is 5.76 Å². The fourth-order valence-electron chi connectivity index (χ4n) is 0.856. The van der Waals surface area contributed by atoms with Crippen molar-refractivity contribution in [3.63, 3.8) is 0 Å². The molecule has 0 amide bonds. The molecule has 0 aliphatic carbocycles. The number of benzene rings is 1. The predicted octanol–water partition coefficient (Wildman–Crippen LogP) is 2.19. The summed E-state index contributed by atoms with van der Waals surface area (Å²) in [6, 6.07) is 5.12. The molecule has 0 saturated carbocycles. The molecule has 0 heterocycles. The van der Waals surface area contributed by atoms with Crippen molar-refractivity contribution in [2.75, 3.05) is 0 Å². The van der Waals surface area contributed by atoms with Crippen molar-refractivity contribution >= 4 is 5.97 Å². The van der Waals surface area contributed by atoms with E-state index in [0.29, 0.717) is 5.75 Å². The number of allylic oxidation sites excluding steroid dienone is 1. The van der Waals surface area contributed by atoms with Gasteiger partial charge >= 0.3 is 5.97 Å². The van der Waals surface area contributed by atoms with Crippen LogP contribution in [0.2, 0.25) is 0 Å². The van der Waals surface area contributed by atoms with E-state index < -0.39 is 11.8 Å². The molecular weight excluding hydrogens is 187 g/mol. The van der Waals surface area contributed by atoms with E-state index in [2.05, 4.69) is 0 Å². The SMILES string of the molecule is C/C=C(/Oc1ccc(F)cc1)C(=O)O. The first-order valence-corrected chi connectivity index (χ1v) is 3.96. The largest absolute Gasteiger partial charge is 0.475 e. The third-order valence-electron chi connectivity index (χ3n) is 1.51. The Morgan fingerprint density at radius 3 is 2.43 bits per heavy atom. The van der Waals surface area contributed by atoms with Crippen LogP contribution in [-0.2, 0) is 4.79 Å². The van der Waals surface area contributed by atoms with E-state index in [-0.39, 0.29) is 5.76 Å². The van der Waals surface area contributed by atoms with Crippen LogP contribution in [0.15, 0.2) is 36.1 Å². The highest BCUT2D eigenvalue weighted by Crippen LogP contribution is 2.14. The van der Waals surface area contributed by atoms with Crippen LogP contribution in [0.25, 0.3) is 0 Å². The van der Waals surface area contributed by atoms with Gasteiger partial charge in [-0.05, 0) is 37.3 Å². The number of carbonyl (C=O) groups is 1. The number of hydrogen-bond acceptors (Lipinski definition) is 2. The topological polar surface area (TPSA) is 46.5 Å². The van der Waals surface area contributed by atoms with E-state index in [9.17, 15) is 9.18 Å². The lowest BCUT2D eigenvalue weighted by Crippen LogP contribution is -2.07. The quantitative estimate of drug-likeness (QED) is 0.595. The van der Waals surface area contributed by atoms with Crippen molar-refractivity contribution in [3.8, 4) is 5.75 Å². The first-order chi connectivity index (χ1) is 6.63. The fraction of sp³-hybridized carbons (Fsp3) is 0.100. The summed E-state index contributed by atoms with van der Waals surface area (Å²) in [5, 5.41) is 8.62. The van der Waals surface area contributed by atoms with Crippen molar-refractivity contribution in [1.82, 2.24) is 0 Å². The molecule has 0 bridgehead atoms. The zero-order chi connectivity index (χ0) is 10.6. The molecule has 1 rings (SSSR count). The minimum absolute atomic E-state index is 0.184. The van der Waals surface area contributed by atoms with Crippen LogP contribution in [0.1, 0.15) is 6.92 Å². The molecule has 0 fully saturated rings. The molecule has 1 N–H and O–H groups in total. The molecule has 14 heavy (non-hydrogen) atoms. The Labute approximate surface area is 80.4 Å². The van der Waals surface area contributed by atoms with Gasteiger partial charge in [0.15, 0.2) is 0 Å². The maximum atomic E-state index is 12.5. The van der Waals surface area contributed by atoms with Crippen LogP contribution in [0.3, 0.4) is 0 Å². The summed E-state index contributed by atoms with van der Waals surface area (Å²) in [4.78, 5) is 10.5. The summed E-state index contributed by atoms with van der Waals surface area (Å²) < 4.78 is 17.5. The Balaban J connectivity index is 2.78. The monoisotopic (exact) mass is 196 g/mol. The number of ether oxygens (including phenoxy) is 1. The van der Waals surface area contributed by atoms with Gasteiger partial charge < -0.3 is 9.84 Å². The molecule has 0 aromatic heterocycles. The van der Waals surface area contributed by atoms with Crippen LogP contribution in [-0.4, -0.2) is 11.1 Å². The smallest absolute Gasteiger partial charge is 0.371 e. The van der Waals surface area contributed by atoms with E-state index in [1.54, 1.807) is 6.92 Å². The van der Waals surface area contributed by atoms with Crippen molar-refractivity contribution in [3.05, 3.63) is 41.9 Å². The summed E-state index contributed by atoms with van der Waals surface area (Å²) in [5.41, 5.74) is 0. The highest BCUT2D eigenvalue weighted by Gasteiger charge is 2.07. The molecule has 1 aromatic carbocycles. The third-order valence-corrected chi connectivity index (χ3v) is 1.51. The zero-order valence-corrected chi connectivity index (χ0v) is 7.53. The van der Waals surface area contributed by atoms with Crippen molar-refractivity contribution in [2.45, 2.75) is 6.92 Å². The van der Waals surface area contributed by atoms with Gasteiger partial charge in [-0.25, -0.2) is 9.18 Å². The number of aliphatic carboxylic acids is 1. The Morgan fingerprint density at radius 1 is 1.43 bits per heavy atom. The van der Waals surface area contributed by atoms with E-state index in [1.807, 2.05) is 0 Å². The molecule has 1 aromatic rings. The van der Waals surface area contributed by atoms with Gasteiger partial charge in [-0.2, -0.15) is 0 Å². The van der Waals surface area contributed by atoms with Gasteiger partial charge in [0.05, 0.1) is 0 Å². The lowest BCUT2D eigenvalue weighted by molar-refractivity contribution is -0.135. The van der Waals surface area contributed by atoms with E-state index in [4.69, 9.17) is 9.84 Å². The van der Waals surface area contributed by atoms with E-state index in [0.717, 1.165) is 0 Å². The Bertz CT molecular complexity index is 354. The van der Waals surface area contributed by atoms with E-state index >= 15 is 0 Å². The summed E-state index contributed by atoms with van der Waals surface area (Å²) >= 11 is 0. The van der Waals surface area contributed by atoms with Gasteiger partial charge in [-0.1, -0.05) is 0 Å². The molecule has 0 spiro atoms. The van der Waals surface area contributed by atoms with Gasteiger partial charge in [0, 0.05) is 0 Å². The average Bonchev–Trinajstić information content (AvgIpc) is 2.16. The highest BCUT2D eigenvalue weighted by molar-refractivity contribution is 5.84.